The first-order valence-corrected chi connectivity index (χ1v) is 9.48. The van der Waals surface area contributed by atoms with Crippen LogP contribution in [0.3, 0.4) is 0 Å². The van der Waals surface area contributed by atoms with Crippen LogP contribution < -0.4 is 5.32 Å². The molecule has 30 heavy (non-hydrogen) atoms. The molecule has 0 saturated carbocycles. The Morgan fingerprint density at radius 2 is 1.70 bits per heavy atom. The number of aliphatic hydroxyl groups is 1. The number of hydrogen-bond donors (Lipinski definition) is 2. The van der Waals surface area contributed by atoms with Gasteiger partial charge in [0.25, 0.3) is 0 Å². The Kier molecular flexibility index (Phi) is 6.45. The lowest BCUT2D eigenvalue weighted by atomic mass is 9.79. The second kappa shape index (κ2) is 8.71. The molecule has 1 heterocycles. The largest absolute Gasteiger partial charge is 0.416 e. The number of pyridine rings is 1. The number of aromatic nitrogens is 1. The minimum atomic E-state index is -4.74. The van der Waals surface area contributed by atoms with Gasteiger partial charge < -0.3 is 5.11 Å². The van der Waals surface area contributed by atoms with Gasteiger partial charge in [-0.1, -0.05) is 41.9 Å². The molecular formula is C22H19ClF4N2O. The standard InChI is InChI=1S/C22H19ClF4N2O/c1-14(30)29-21(12-15-5-3-2-4-6-15,20-8-7-18(23)13-28-20)16-9-17(22(25,26)27)11-19(24)10-16/h2-11,13-14,29-30H,12H2,1H3/t14?,21-/m1/s1. The topological polar surface area (TPSA) is 45.1 Å². The maximum atomic E-state index is 14.3. The number of benzene rings is 2. The van der Waals surface area contributed by atoms with Crippen LogP contribution in [0.4, 0.5) is 17.6 Å². The molecule has 0 fully saturated rings. The van der Waals surface area contributed by atoms with Crippen molar-refractivity contribution >= 4 is 11.6 Å². The third-order valence-electron chi connectivity index (χ3n) is 4.65. The van der Waals surface area contributed by atoms with Crippen molar-refractivity contribution in [3.05, 3.63) is 100 Å². The van der Waals surface area contributed by atoms with E-state index in [1.54, 1.807) is 36.4 Å². The summed E-state index contributed by atoms with van der Waals surface area (Å²) in [6.07, 6.45) is -4.42. The molecule has 0 saturated heterocycles. The highest BCUT2D eigenvalue weighted by molar-refractivity contribution is 6.30. The molecule has 3 aromatic rings. The van der Waals surface area contributed by atoms with Crippen molar-refractivity contribution in [3.8, 4) is 0 Å². The molecule has 3 nitrogen and oxygen atoms in total. The van der Waals surface area contributed by atoms with Crippen LogP contribution in [0.25, 0.3) is 0 Å². The third-order valence-corrected chi connectivity index (χ3v) is 4.87. The zero-order valence-electron chi connectivity index (χ0n) is 15.9. The monoisotopic (exact) mass is 438 g/mol. The number of rotatable bonds is 6. The highest BCUT2D eigenvalue weighted by Gasteiger charge is 2.40. The Bertz CT molecular complexity index is 994. The lowest BCUT2D eigenvalue weighted by molar-refractivity contribution is -0.137. The van der Waals surface area contributed by atoms with E-state index >= 15 is 0 Å². The molecule has 2 aromatic carbocycles. The first-order valence-electron chi connectivity index (χ1n) is 9.10. The summed E-state index contributed by atoms with van der Waals surface area (Å²) in [7, 11) is 0. The van der Waals surface area contributed by atoms with Crippen LogP contribution in [0.5, 0.6) is 0 Å². The zero-order valence-corrected chi connectivity index (χ0v) is 16.7. The molecule has 158 valence electrons. The first-order chi connectivity index (χ1) is 14.1. The quantitative estimate of drug-likeness (QED) is 0.405. The van der Waals surface area contributed by atoms with E-state index in [1.807, 2.05) is 0 Å². The maximum Gasteiger partial charge on any atom is 0.416 e. The summed E-state index contributed by atoms with van der Waals surface area (Å²) in [5.74, 6) is -1.04. The van der Waals surface area contributed by atoms with E-state index in [0.717, 1.165) is 17.7 Å². The SMILES string of the molecule is CC(O)N[C@](Cc1ccccc1)(c1cc(F)cc(C(F)(F)F)c1)c1ccc(Cl)cn1. The number of alkyl halides is 3. The number of aliphatic hydroxyl groups excluding tert-OH is 1. The minimum absolute atomic E-state index is 0.0191. The summed E-state index contributed by atoms with van der Waals surface area (Å²) in [4.78, 5) is 4.29. The number of hydrogen-bond acceptors (Lipinski definition) is 3. The average molecular weight is 439 g/mol. The Balaban J connectivity index is 2.29. The average Bonchev–Trinajstić information content (AvgIpc) is 2.67. The highest BCUT2D eigenvalue weighted by Crippen LogP contribution is 2.38. The summed E-state index contributed by atoms with van der Waals surface area (Å²) < 4.78 is 54.5. The van der Waals surface area contributed by atoms with E-state index in [9.17, 15) is 22.7 Å². The van der Waals surface area contributed by atoms with Crippen molar-refractivity contribution in [3.63, 3.8) is 0 Å². The minimum Gasteiger partial charge on any atom is -0.379 e. The Hall–Kier alpha value is -2.48. The van der Waals surface area contributed by atoms with Crippen molar-refractivity contribution in [1.29, 1.82) is 0 Å². The van der Waals surface area contributed by atoms with E-state index in [4.69, 9.17) is 11.6 Å². The van der Waals surface area contributed by atoms with Crippen LogP contribution >= 0.6 is 11.6 Å². The lowest BCUT2D eigenvalue weighted by Crippen LogP contribution is -2.50. The van der Waals surface area contributed by atoms with E-state index in [1.165, 1.54) is 19.2 Å². The van der Waals surface area contributed by atoms with Crippen molar-refractivity contribution in [1.82, 2.24) is 10.3 Å². The van der Waals surface area contributed by atoms with Gasteiger partial charge in [0.15, 0.2) is 0 Å². The fraction of sp³-hybridized carbons (Fsp3) is 0.227. The Morgan fingerprint density at radius 3 is 2.27 bits per heavy atom. The summed E-state index contributed by atoms with van der Waals surface area (Å²) in [5.41, 5.74) is -1.57. The second-order valence-corrected chi connectivity index (χ2v) is 7.41. The molecule has 3 rings (SSSR count). The second-order valence-electron chi connectivity index (χ2n) is 6.98. The van der Waals surface area contributed by atoms with Crippen molar-refractivity contribution in [2.45, 2.75) is 31.3 Å². The van der Waals surface area contributed by atoms with Gasteiger partial charge in [0.05, 0.1) is 21.8 Å². The molecule has 0 spiro atoms. The number of nitrogens with zero attached hydrogens (tertiary/aromatic N) is 1. The molecule has 1 aromatic heterocycles. The summed E-state index contributed by atoms with van der Waals surface area (Å²) >= 11 is 5.94. The highest BCUT2D eigenvalue weighted by atomic mass is 35.5. The Labute approximate surface area is 176 Å². The van der Waals surface area contributed by atoms with Crippen LogP contribution in [-0.4, -0.2) is 16.3 Å². The van der Waals surface area contributed by atoms with E-state index < -0.39 is 29.3 Å². The van der Waals surface area contributed by atoms with Crippen molar-refractivity contribution in [2.75, 3.05) is 0 Å². The number of nitrogens with one attached hydrogen (secondary N) is 1. The molecule has 0 radical (unpaired) electrons. The molecular weight excluding hydrogens is 420 g/mol. The van der Waals surface area contributed by atoms with Gasteiger partial charge in [-0.05, 0) is 48.4 Å². The molecule has 8 heteroatoms. The van der Waals surface area contributed by atoms with Crippen LogP contribution in [-0.2, 0) is 18.1 Å². The van der Waals surface area contributed by atoms with Gasteiger partial charge in [0, 0.05) is 12.6 Å². The molecule has 0 aliphatic carbocycles. The summed E-state index contributed by atoms with van der Waals surface area (Å²) in [5, 5.41) is 13.4. The predicted octanol–water partition coefficient (Wildman–Crippen LogP) is 5.31. The molecule has 0 aliphatic rings. The van der Waals surface area contributed by atoms with Gasteiger partial charge >= 0.3 is 6.18 Å². The first kappa shape index (κ1) is 22.2. The molecule has 1 unspecified atom stereocenters. The fourth-order valence-electron chi connectivity index (χ4n) is 3.44. The van der Waals surface area contributed by atoms with Gasteiger partial charge in [0.1, 0.15) is 12.0 Å². The van der Waals surface area contributed by atoms with Gasteiger partial charge in [-0.25, -0.2) is 4.39 Å². The van der Waals surface area contributed by atoms with Crippen LogP contribution in [0.2, 0.25) is 5.02 Å². The summed E-state index contributed by atoms with van der Waals surface area (Å²) in [6, 6.07) is 14.4. The van der Waals surface area contributed by atoms with E-state index in [2.05, 4.69) is 10.3 Å². The molecule has 2 N–H and O–H groups in total. The van der Waals surface area contributed by atoms with Gasteiger partial charge in [-0.2, -0.15) is 13.2 Å². The third kappa shape index (κ3) is 4.98. The zero-order chi connectivity index (χ0) is 21.9. The summed E-state index contributed by atoms with van der Waals surface area (Å²) in [6.45, 7) is 1.43. The lowest BCUT2D eigenvalue weighted by Gasteiger charge is -2.37. The van der Waals surface area contributed by atoms with Crippen molar-refractivity contribution in [2.24, 2.45) is 0 Å². The van der Waals surface area contributed by atoms with Crippen LogP contribution in [0.1, 0.15) is 29.3 Å². The normalized spacial score (nSPS) is 14.9. The van der Waals surface area contributed by atoms with Gasteiger partial charge in [0.2, 0.25) is 0 Å². The Morgan fingerprint density at radius 1 is 1.03 bits per heavy atom. The van der Waals surface area contributed by atoms with Crippen LogP contribution in [0, 0.1) is 5.82 Å². The van der Waals surface area contributed by atoms with Crippen molar-refractivity contribution < 1.29 is 22.7 Å². The smallest absolute Gasteiger partial charge is 0.379 e. The van der Waals surface area contributed by atoms with Gasteiger partial charge in [-0.3, -0.25) is 10.3 Å². The molecule has 0 amide bonds. The molecule has 0 bridgehead atoms. The van der Waals surface area contributed by atoms with E-state index in [-0.39, 0.29) is 17.7 Å². The molecule has 0 aliphatic heterocycles. The molecule has 2 atom stereocenters. The number of halogens is 5. The fourth-order valence-corrected chi connectivity index (χ4v) is 3.55. The van der Waals surface area contributed by atoms with Gasteiger partial charge in [-0.15, -0.1) is 0 Å². The van der Waals surface area contributed by atoms with Crippen LogP contribution in [0.15, 0.2) is 66.9 Å². The van der Waals surface area contributed by atoms with E-state index in [0.29, 0.717) is 11.1 Å². The predicted molar refractivity (Wildman–Crippen MR) is 106 cm³/mol. The maximum absolute atomic E-state index is 14.3.